The van der Waals surface area contributed by atoms with Gasteiger partial charge in [-0.05, 0) is 18.3 Å². The quantitative estimate of drug-likeness (QED) is 0.561. The first-order valence-corrected chi connectivity index (χ1v) is 4.86. The maximum atomic E-state index is 2.33. The minimum Gasteiger partial charge on any atom is -0.0654 e. The Bertz CT molecular complexity index is 86.0. The van der Waals surface area contributed by atoms with E-state index in [0.29, 0.717) is 0 Å². The lowest BCUT2D eigenvalue weighted by atomic mass is 9.99. The Labute approximate surface area is 65.0 Å². The highest BCUT2D eigenvalue weighted by atomic mass is 14.3. The Morgan fingerprint density at radius 1 is 1.10 bits per heavy atom. The Hall–Kier alpha value is 0. The first-order chi connectivity index (χ1) is 4.86. The maximum absolute atomic E-state index is 2.33. The number of hydrogen-bond donors (Lipinski definition) is 0. The molecule has 0 amide bonds. The van der Waals surface area contributed by atoms with E-state index in [1.807, 2.05) is 0 Å². The molecule has 0 unspecified atom stereocenters. The van der Waals surface area contributed by atoms with Gasteiger partial charge in [-0.15, -0.1) is 0 Å². The van der Waals surface area contributed by atoms with Gasteiger partial charge in [-0.25, -0.2) is 0 Å². The predicted octanol–water partition coefficient (Wildman–Crippen LogP) is 3.61. The van der Waals surface area contributed by atoms with Gasteiger partial charge in [0.2, 0.25) is 0 Å². The van der Waals surface area contributed by atoms with Crippen molar-refractivity contribution in [3.63, 3.8) is 0 Å². The predicted molar refractivity (Wildman–Crippen MR) is 46.0 cm³/mol. The van der Waals surface area contributed by atoms with Gasteiger partial charge in [0.1, 0.15) is 0 Å². The zero-order valence-corrected chi connectivity index (χ0v) is 7.40. The normalized spacial score (nSPS) is 33.0. The van der Waals surface area contributed by atoms with Crippen LogP contribution >= 0.6 is 0 Å². The molecule has 0 aromatic rings. The lowest BCUT2D eigenvalue weighted by Gasteiger charge is -2.07. The minimum absolute atomic E-state index is 1.08. The van der Waals surface area contributed by atoms with Crippen LogP contribution in [0.4, 0.5) is 0 Å². The van der Waals surface area contributed by atoms with E-state index >= 15 is 0 Å². The van der Waals surface area contributed by atoms with Gasteiger partial charge in [-0.1, -0.05) is 46.0 Å². The van der Waals surface area contributed by atoms with Crippen molar-refractivity contribution in [2.24, 2.45) is 11.8 Å². The molecular weight excluding hydrogens is 120 g/mol. The van der Waals surface area contributed by atoms with Gasteiger partial charge >= 0.3 is 0 Å². The van der Waals surface area contributed by atoms with Gasteiger partial charge in [-0.2, -0.15) is 0 Å². The lowest BCUT2D eigenvalue weighted by Crippen LogP contribution is -1.94. The third-order valence-electron chi connectivity index (χ3n) is 2.92. The Morgan fingerprint density at radius 3 is 2.30 bits per heavy atom. The zero-order chi connectivity index (χ0) is 7.40. The Balaban J connectivity index is 2.15. The summed E-state index contributed by atoms with van der Waals surface area (Å²) in [5.41, 5.74) is 0. The summed E-state index contributed by atoms with van der Waals surface area (Å²) in [6.07, 6.45) is 8.86. The fourth-order valence-corrected chi connectivity index (χ4v) is 2.22. The third kappa shape index (κ3) is 2.00. The van der Waals surface area contributed by atoms with Gasteiger partial charge in [0, 0.05) is 0 Å². The number of hydrogen-bond acceptors (Lipinski definition) is 0. The average molecular weight is 140 g/mol. The summed E-state index contributed by atoms with van der Waals surface area (Å²) in [6.45, 7) is 4.64. The first kappa shape index (κ1) is 8.10. The maximum Gasteiger partial charge on any atom is -0.0412 e. The summed E-state index contributed by atoms with van der Waals surface area (Å²) in [6, 6.07) is 0. The van der Waals surface area contributed by atoms with Crippen molar-refractivity contribution in [3.8, 4) is 0 Å². The highest BCUT2D eigenvalue weighted by Gasteiger charge is 2.21. The van der Waals surface area contributed by atoms with E-state index in [2.05, 4.69) is 13.8 Å². The molecule has 1 rings (SSSR count). The molecule has 1 fully saturated rings. The largest absolute Gasteiger partial charge is 0.0654 e. The Kier molecular flexibility index (Phi) is 3.24. The molecule has 1 aliphatic carbocycles. The van der Waals surface area contributed by atoms with Crippen LogP contribution in [0.2, 0.25) is 0 Å². The van der Waals surface area contributed by atoms with Crippen LogP contribution in [0.1, 0.15) is 52.4 Å². The molecule has 0 heterocycles. The van der Waals surface area contributed by atoms with Crippen LogP contribution in [0, 0.1) is 11.8 Å². The fraction of sp³-hybridized carbons (Fsp3) is 1.00. The van der Waals surface area contributed by atoms with Crippen molar-refractivity contribution in [3.05, 3.63) is 0 Å². The highest BCUT2D eigenvalue weighted by Crippen LogP contribution is 2.35. The standard InChI is InChI=1S/C10H20/c1-3-5-10-7-6-9(4-2)8-10/h9-10H,3-8H2,1-2H3/t9-,10-/m0/s1. The summed E-state index contributed by atoms with van der Waals surface area (Å²) in [4.78, 5) is 0. The molecule has 0 bridgehead atoms. The topological polar surface area (TPSA) is 0 Å². The summed E-state index contributed by atoms with van der Waals surface area (Å²) < 4.78 is 0. The molecule has 0 radical (unpaired) electrons. The van der Waals surface area contributed by atoms with E-state index in [1.54, 1.807) is 0 Å². The zero-order valence-electron chi connectivity index (χ0n) is 7.40. The monoisotopic (exact) mass is 140 g/mol. The van der Waals surface area contributed by atoms with Crippen molar-refractivity contribution < 1.29 is 0 Å². The van der Waals surface area contributed by atoms with Crippen LogP contribution in [-0.2, 0) is 0 Å². The second-order valence-electron chi connectivity index (χ2n) is 3.74. The molecule has 0 aliphatic heterocycles. The summed E-state index contributed by atoms with van der Waals surface area (Å²) in [5, 5.41) is 0. The van der Waals surface area contributed by atoms with Gasteiger partial charge in [-0.3, -0.25) is 0 Å². The van der Waals surface area contributed by atoms with Crippen LogP contribution in [0.5, 0.6) is 0 Å². The van der Waals surface area contributed by atoms with Crippen molar-refractivity contribution in [2.75, 3.05) is 0 Å². The van der Waals surface area contributed by atoms with E-state index < -0.39 is 0 Å². The van der Waals surface area contributed by atoms with E-state index in [9.17, 15) is 0 Å². The van der Waals surface area contributed by atoms with E-state index in [-0.39, 0.29) is 0 Å². The summed E-state index contributed by atoms with van der Waals surface area (Å²) in [7, 11) is 0. The van der Waals surface area contributed by atoms with Crippen LogP contribution in [0.25, 0.3) is 0 Å². The molecule has 60 valence electrons. The molecule has 0 aromatic carbocycles. The van der Waals surface area contributed by atoms with Crippen molar-refractivity contribution in [1.82, 2.24) is 0 Å². The number of rotatable bonds is 3. The van der Waals surface area contributed by atoms with Crippen LogP contribution < -0.4 is 0 Å². The summed E-state index contributed by atoms with van der Waals surface area (Å²) >= 11 is 0. The highest BCUT2D eigenvalue weighted by molar-refractivity contribution is 4.73. The second kappa shape index (κ2) is 4.00. The molecule has 0 heteroatoms. The minimum atomic E-state index is 1.08. The lowest BCUT2D eigenvalue weighted by molar-refractivity contribution is 0.453. The smallest absolute Gasteiger partial charge is 0.0412 e. The molecule has 1 aliphatic rings. The molecular formula is C10H20. The van der Waals surface area contributed by atoms with E-state index in [1.165, 1.54) is 38.5 Å². The van der Waals surface area contributed by atoms with Gasteiger partial charge in [0.05, 0.1) is 0 Å². The molecule has 0 saturated heterocycles. The fourth-order valence-electron chi connectivity index (χ4n) is 2.22. The van der Waals surface area contributed by atoms with Crippen LogP contribution in [0.3, 0.4) is 0 Å². The molecule has 0 spiro atoms. The SMILES string of the molecule is CCC[C@H]1CC[C@H](CC)C1. The Morgan fingerprint density at radius 2 is 1.80 bits per heavy atom. The van der Waals surface area contributed by atoms with Crippen molar-refractivity contribution in [2.45, 2.75) is 52.4 Å². The van der Waals surface area contributed by atoms with Crippen LogP contribution in [-0.4, -0.2) is 0 Å². The van der Waals surface area contributed by atoms with Crippen molar-refractivity contribution >= 4 is 0 Å². The first-order valence-electron chi connectivity index (χ1n) is 4.86. The van der Waals surface area contributed by atoms with Gasteiger partial charge in [0.25, 0.3) is 0 Å². The van der Waals surface area contributed by atoms with E-state index in [0.717, 1.165) is 11.8 Å². The molecule has 0 aromatic heterocycles. The third-order valence-corrected chi connectivity index (χ3v) is 2.92. The van der Waals surface area contributed by atoms with Gasteiger partial charge in [0.15, 0.2) is 0 Å². The van der Waals surface area contributed by atoms with Crippen LogP contribution in [0.15, 0.2) is 0 Å². The molecule has 1 saturated carbocycles. The molecule has 0 nitrogen and oxygen atoms in total. The summed E-state index contributed by atoms with van der Waals surface area (Å²) in [5.74, 6) is 2.17. The average Bonchev–Trinajstić information content (AvgIpc) is 2.37. The van der Waals surface area contributed by atoms with E-state index in [4.69, 9.17) is 0 Å². The second-order valence-corrected chi connectivity index (χ2v) is 3.74. The van der Waals surface area contributed by atoms with Gasteiger partial charge < -0.3 is 0 Å². The van der Waals surface area contributed by atoms with Crippen molar-refractivity contribution in [1.29, 1.82) is 0 Å². The molecule has 0 N–H and O–H groups in total. The molecule has 10 heavy (non-hydrogen) atoms. The molecule has 2 atom stereocenters.